The fourth-order valence-corrected chi connectivity index (χ4v) is 5.37. The molecule has 3 aromatic rings. The zero-order valence-electron chi connectivity index (χ0n) is 23.4. The van der Waals surface area contributed by atoms with E-state index in [0.29, 0.717) is 17.7 Å². The highest BCUT2D eigenvalue weighted by Crippen LogP contribution is 2.28. The van der Waals surface area contributed by atoms with Crippen LogP contribution in [0.3, 0.4) is 0 Å². The molecule has 0 saturated heterocycles. The van der Waals surface area contributed by atoms with Gasteiger partial charge in [0.1, 0.15) is 24.2 Å². The van der Waals surface area contributed by atoms with E-state index in [1.807, 2.05) is 20.8 Å². The van der Waals surface area contributed by atoms with E-state index < -0.39 is 34.3 Å². The molecule has 0 aliphatic carbocycles. The van der Waals surface area contributed by atoms with Crippen LogP contribution in [0.15, 0.2) is 77.7 Å². The molecule has 0 aromatic heterocycles. The van der Waals surface area contributed by atoms with Crippen molar-refractivity contribution in [2.24, 2.45) is 0 Å². The largest absolute Gasteiger partial charge is 0.497 e. The molecule has 3 aromatic carbocycles. The number of anilines is 1. The van der Waals surface area contributed by atoms with E-state index in [-0.39, 0.29) is 29.1 Å². The molecular weight excluding hydrogens is 533 g/mol. The lowest BCUT2D eigenvalue weighted by atomic mass is 10.1. The normalized spacial score (nSPS) is 12.8. The van der Waals surface area contributed by atoms with Gasteiger partial charge in [-0.05, 0) is 69.2 Å². The summed E-state index contributed by atoms with van der Waals surface area (Å²) < 4.78 is 47.6. The number of ether oxygens (including phenoxy) is 1. The van der Waals surface area contributed by atoms with Crippen LogP contribution in [0.1, 0.15) is 38.3 Å². The summed E-state index contributed by atoms with van der Waals surface area (Å²) in [5.74, 6) is -0.995. The lowest BCUT2D eigenvalue weighted by Gasteiger charge is -2.32. The predicted octanol–water partition coefficient (Wildman–Crippen LogP) is 4.67. The van der Waals surface area contributed by atoms with Crippen molar-refractivity contribution < 1.29 is 27.1 Å². The predicted molar refractivity (Wildman–Crippen MR) is 153 cm³/mol. The molecule has 214 valence electrons. The van der Waals surface area contributed by atoms with Gasteiger partial charge in [0.25, 0.3) is 10.0 Å². The molecule has 0 aliphatic rings. The number of amides is 2. The van der Waals surface area contributed by atoms with Crippen LogP contribution in [0.4, 0.5) is 10.1 Å². The fraction of sp³-hybridized carbons (Fsp3) is 0.333. The SMILES string of the molecule is CC[C@@H](C)NC(=O)[C@H](C)N(Cc1ccc(F)cc1)C(=O)CN(c1cccc(OC)c1)S(=O)(=O)c1ccc(C)cc1. The van der Waals surface area contributed by atoms with Crippen LogP contribution in [0, 0.1) is 12.7 Å². The third-order valence-electron chi connectivity index (χ3n) is 6.66. The molecule has 2 atom stereocenters. The van der Waals surface area contributed by atoms with Gasteiger partial charge < -0.3 is 15.0 Å². The van der Waals surface area contributed by atoms with Gasteiger partial charge in [0.15, 0.2) is 0 Å². The minimum absolute atomic E-state index is 0.0152. The first-order valence-corrected chi connectivity index (χ1v) is 14.5. The molecule has 0 fully saturated rings. The van der Waals surface area contributed by atoms with E-state index >= 15 is 0 Å². The zero-order valence-corrected chi connectivity index (χ0v) is 24.2. The van der Waals surface area contributed by atoms with Crippen LogP contribution < -0.4 is 14.4 Å². The summed E-state index contributed by atoms with van der Waals surface area (Å²) in [6.45, 7) is 6.62. The van der Waals surface area contributed by atoms with Crippen LogP contribution >= 0.6 is 0 Å². The molecule has 0 unspecified atom stereocenters. The molecule has 40 heavy (non-hydrogen) atoms. The minimum atomic E-state index is -4.19. The number of hydrogen-bond acceptors (Lipinski definition) is 5. The number of nitrogens with zero attached hydrogens (tertiary/aromatic N) is 2. The van der Waals surface area contributed by atoms with Gasteiger partial charge >= 0.3 is 0 Å². The number of methoxy groups -OCH3 is 1. The summed E-state index contributed by atoms with van der Waals surface area (Å²) in [7, 11) is -2.73. The Bertz CT molecular complexity index is 1410. The second kappa shape index (κ2) is 13.4. The number of aryl methyl sites for hydroxylation is 1. The van der Waals surface area contributed by atoms with Gasteiger partial charge in [0, 0.05) is 18.7 Å². The van der Waals surface area contributed by atoms with Crippen molar-refractivity contribution in [2.75, 3.05) is 18.0 Å². The molecule has 1 N–H and O–H groups in total. The molecule has 8 nitrogen and oxygen atoms in total. The Balaban J connectivity index is 2.04. The van der Waals surface area contributed by atoms with Crippen molar-refractivity contribution in [2.45, 2.75) is 57.6 Å². The standard InChI is InChI=1S/C30H36FN3O5S/c1-6-22(3)32-30(36)23(4)33(19-24-12-14-25(31)15-13-24)29(35)20-34(26-8-7-9-27(18-26)39-5)40(37,38)28-16-10-21(2)11-17-28/h7-18,22-23H,6,19-20H2,1-5H3,(H,32,36)/t22-,23+/m1/s1. The summed E-state index contributed by atoms with van der Waals surface area (Å²) in [6.07, 6.45) is 0.697. The smallest absolute Gasteiger partial charge is 0.264 e. The van der Waals surface area contributed by atoms with Crippen molar-refractivity contribution in [3.05, 3.63) is 89.7 Å². The van der Waals surface area contributed by atoms with E-state index in [4.69, 9.17) is 4.74 Å². The number of sulfonamides is 1. The molecule has 0 radical (unpaired) electrons. The lowest BCUT2D eigenvalue weighted by molar-refractivity contribution is -0.139. The maximum Gasteiger partial charge on any atom is 0.264 e. The second-order valence-electron chi connectivity index (χ2n) is 9.67. The molecule has 3 rings (SSSR count). The van der Waals surface area contributed by atoms with Gasteiger partial charge in [-0.2, -0.15) is 0 Å². The van der Waals surface area contributed by atoms with Crippen LogP contribution in [0.5, 0.6) is 5.75 Å². The molecule has 10 heteroatoms. The summed E-state index contributed by atoms with van der Waals surface area (Å²) >= 11 is 0. The summed E-state index contributed by atoms with van der Waals surface area (Å²) in [5, 5.41) is 2.88. The molecule has 2 amide bonds. The Hall–Kier alpha value is -3.92. The number of carbonyl (C=O) groups is 2. The van der Waals surface area contributed by atoms with E-state index in [1.54, 1.807) is 37.3 Å². The number of benzene rings is 3. The highest BCUT2D eigenvalue weighted by atomic mass is 32.2. The highest BCUT2D eigenvalue weighted by molar-refractivity contribution is 7.92. The zero-order chi connectivity index (χ0) is 29.4. The van der Waals surface area contributed by atoms with E-state index in [2.05, 4.69) is 5.32 Å². The van der Waals surface area contributed by atoms with Crippen LogP contribution in [-0.2, 0) is 26.2 Å². The lowest BCUT2D eigenvalue weighted by Crippen LogP contribution is -2.52. The maximum absolute atomic E-state index is 13.9. The summed E-state index contributed by atoms with van der Waals surface area (Å²) in [4.78, 5) is 28.3. The Morgan fingerprint density at radius 2 is 1.65 bits per heavy atom. The molecule has 0 saturated carbocycles. The average molecular weight is 570 g/mol. The number of nitrogens with one attached hydrogen (secondary N) is 1. The number of carbonyl (C=O) groups excluding carboxylic acids is 2. The van der Waals surface area contributed by atoms with Crippen LogP contribution in [0.2, 0.25) is 0 Å². The Morgan fingerprint density at radius 1 is 1.00 bits per heavy atom. The summed E-state index contributed by atoms with van der Waals surface area (Å²) in [6, 6.07) is 17.3. The Morgan fingerprint density at radius 3 is 2.25 bits per heavy atom. The minimum Gasteiger partial charge on any atom is -0.497 e. The van der Waals surface area contributed by atoms with Crippen LogP contribution in [-0.4, -0.2) is 50.9 Å². The first-order chi connectivity index (χ1) is 19.0. The first kappa shape index (κ1) is 30.6. The van der Waals surface area contributed by atoms with Gasteiger partial charge in [-0.1, -0.05) is 42.8 Å². The molecular formula is C30H36FN3O5S. The Labute approximate surface area is 235 Å². The molecule has 0 aliphatic heterocycles. The van der Waals surface area contributed by atoms with Crippen molar-refractivity contribution in [1.82, 2.24) is 10.2 Å². The first-order valence-electron chi connectivity index (χ1n) is 13.0. The third kappa shape index (κ3) is 7.59. The van der Waals surface area contributed by atoms with Gasteiger partial charge in [-0.25, -0.2) is 12.8 Å². The van der Waals surface area contributed by atoms with Gasteiger partial charge in [0.05, 0.1) is 17.7 Å². The van der Waals surface area contributed by atoms with E-state index in [0.717, 1.165) is 9.87 Å². The topological polar surface area (TPSA) is 96.0 Å². The number of hydrogen-bond donors (Lipinski definition) is 1. The number of halogens is 1. The van der Waals surface area contributed by atoms with Crippen molar-refractivity contribution in [1.29, 1.82) is 0 Å². The maximum atomic E-state index is 13.9. The van der Waals surface area contributed by atoms with Crippen molar-refractivity contribution >= 4 is 27.5 Å². The van der Waals surface area contributed by atoms with Gasteiger partial charge in [0.2, 0.25) is 11.8 Å². The Kier molecular flexibility index (Phi) is 10.3. The number of rotatable bonds is 12. The molecule has 0 spiro atoms. The van der Waals surface area contributed by atoms with E-state index in [1.165, 1.54) is 54.5 Å². The quantitative estimate of drug-likeness (QED) is 0.342. The summed E-state index contributed by atoms with van der Waals surface area (Å²) in [5.41, 5.74) is 1.70. The molecule has 0 bridgehead atoms. The van der Waals surface area contributed by atoms with E-state index in [9.17, 15) is 22.4 Å². The van der Waals surface area contributed by atoms with Crippen LogP contribution in [0.25, 0.3) is 0 Å². The second-order valence-corrected chi connectivity index (χ2v) is 11.5. The average Bonchev–Trinajstić information content (AvgIpc) is 2.95. The monoisotopic (exact) mass is 569 g/mol. The fourth-order valence-electron chi connectivity index (χ4n) is 3.97. The van der Waals surface area contributed by atoms with Crippen molar-refractivity contribution in [3.8, 4) is 5.75 Å². The van der Waals surface area contributed by atoms with Gasteiger partial charge in [-0.15, -0.1) is 0 Å². The van der Waals surface area contributed by atoms with Crippen molar-refractivity contribution in [3.63, 3.8) is 0 Å². The highest BCUT2D eigenvalue weighted by Gasteiger charge is 2.33. The molecule has 0 heterocycles. The third-order valence-corrected chi connectivity index (χ3v) is 8.45. The van der Waals surface area contributed by atoms with Gasteiger partial charge in [-0.3, -0.25) is 13.9 Å².